The number of carbonyl (C=O) groups excluding carboxylic acids is 1. The van der Waals surface area contributed by atoms with E-state index >= 15 is 0 Å². The minimum absolute atomic E-state index is 0.00196. The van der Waals surface area contributed by atoms with Crippen LogP contribution in [-0.4, -0.2) is 16.0 Å². The van der Waals surface area contributed by atoms with Crippen molar-refractivity contribution >= 4 is 56.2 Å². The van der Waals surface area contributed by atoms with Gasteiger partial charge in [-0.3, -0.25) is 14.9 Å². The van der Waals surface area contributed by atoms with Gasteiger partial charge in [-0.15, -0.1) is 0 Å². The third kappa shape index (κ3) is 3.90. The van der Waals surface area contributed by atoms with Crippen molar-refractivity contribution < 1.29 is 9.72 Å². The van der Waals surface area contributed by atoms with Crippen molar-refractivity contribution in [2.24, 2.45) is 4.99 Å². The van der Waals surface area contributed by atoms with Crippen molar-refractivity contribution in [3.63, 3.8) is 0 Å². The summed E-state index contributed by atoms with van der Waals surface area (Å²) in [5, 5.41) is 13.8. The fourth-order valence-electron chi connectivity index (χ4n) is 1.96. The van der Waals surface area contributed by atoms with Gasteiger partial charge in [0.1, 0.15) is 0 Å². The highest BCUT2D eigenvalue weighted by Gasteiger charge is 2.23. The Bertz CT molecular complexity index is 861. The van der Waals surface area contributed by atoms with Crippen LogP contribution >= 0.6 is 27.7 Å². The van der Waals surface area contributed by atoms with Gasteiger partial charge in [-0.2, -0.15) is 0 Å². The van der Waals surface area contributed by atoms with E-state index in [4.69, 9.17) is 0 Å². The van der Waals surface area contributed by atoms with E-state index in [0.717, 1.165) is 10.0 Å². The SMILES string of the molecule is O=C1NC(=Nc2ccc([N+](=O)[O-])cc2)S/C1=C\c1ccc(Br)cc1. The Labute approximate surface area is 150 Å². The lowest BCUT2D eigenvalue weighted by Gasteiger charge is -1.96. The molecule has 1 amide bonds. The monoisotopic (exact) mass is 403 g/mol. The largest absolute Gasteiger partial charge is 0.300 e. The van der Waals surface area contributed by atoms with E-state index in [1.807, 2.05) is 24.3 Å². The quantitative estimate of drug-likeness (QED) is 0.471. The molecule has 0 aliphatic carbocycles. The number of aliphatic imine (C=N–C) groups is 1. The van der Waals surface area contributed by atoms with Crippen molar-refractivity contribution in [3.8, 4) is 0 Å². The molecular formula is C16H10BrN3O3S. The smallest absolute Gasteiger partial charge is 0.269 e. The van der Waals surface area contributed by atoms with Gasteiger partial charge in [0.15, 0.2) is 5.17 Å². The number of nitro groups is 1. The van der Waals surface area contributed by atoms with E-state index in [-0.39, 0.29) is 11.6 Å². The maximum atomic E-state index is 12.0. The highest BCUT2D eigenvalue weighted by Crippen LogP contribution is 2.28. The molecule has 2 aromatic rings. The van der Waals surface area contributed by atoms with Gasteiger partial charge in [0.05, 0.1) is 15.5 Å². The normalized spacial score (nSPS) is 17.3. The minimum atomic E-state index is -0.470. The van der Waals surface area contributed by atoms with E-state index < -0.39 is 4.92 Å². The molecule has 120 valence electrons. The lowest BCUT2D eigenvalue weighted by atomic mass is 10.2. The highest BCUT2D eigenvalue weighted by atomic mass is 79.9. The molecule has 1 aliphatic heterocycles. The molecule has 0 radical (unpaired) electrons. The standard InChI is InChI=1S/C16H10BrN3O3S/c17-11-3-1-10(2-4-11)9-14-15(21)19-16(24-14)18-12-5-7-13(8-6-12)20(22)23/h1-9H,(H,18,19,21)/b14-9-. The molecule has 2 aromatic carbocycles. The van der Waals surface area contributed by atoms with Crippen molar-refractivity contribution in [1.29, 1.82) is 0 Å². The molecule has 24 heavy (non-hydrogen) atoms. The first-order valence-electron chi connectivity index (χ1n) is 6.81. The molecule has 0 aromatic heterocycles. The number of non-ortho nitro benzene ring substituents is 1. The number of nitrogens with one attached hydrogen (secondary N) is 1. The van der Waals surface area contributed by atoms with Crippen LogP contribution in [0.5, 0.6) is 0 Å². The molecule has 1 fully saturated rings. The number of hydrogen-bond acceptors (Lipinski definition) is 5. The van der Waals surface area contributed by atoms with Gasteiger partial charge in [-0.25, -0.2) is 4.99 Å². The van der Waals surface area contributed by atoms with Crippen molar-refractivity contribution in [2.45, 2.75) is 0 Å². The topological polar surface area (TPSA) is 84.6 Å². The van der Waals surface area contributed by atoms with Gasteiger partial charge in [0.25, 0.3) is 11.6 Å². The average Bonchev–Trinajstić information content (AvgIpc) is 2.89. The summed E-state index contributed by atoms with van der Waals surface area (Å²) in [6, 6.07) is 13.4. The van der Waals surface area contributed by atoms with Gasteiger partial charge in [0, 0.05) is 16.6 Å². The minimum Gasteiger partial charge on any atom is -0.300 e. The number of thioether (sulfide) groups is 1. The summed E-state index contributed by atoms with van der Waals surface area (Å²) in [5.74, 6) is -0.219. The summed E-state index contributed by atoms with van der Waals surface area (Å²) < 4.78 is 0.966. The van der Waals surface area contributed by atoms with Crippen molar-refractivity contribution in [3.05, 3.63) is 73.6 Å². The van der Waals surface area contributed by atoms with Crippen molar-refractivity contribution in [1.82, 2.24) is 5.32 Å². The first-order valence-corrected chi connectivity index (χ1v) is 8.42. The summed E-state index contributed by atoms with van der Waals surface area (Å²) in [6.07, 6.45) is 1.78. The Hall–Kier alpha value is -2.45. The third-order valence-corrected chi connectivity index (χ3v) is 4.55. The number of nitrogens with zero attached hydrogens (tertiary/aromatic N) is 2. The van der Waals surface area contributed by atoms with E-state index in [1.54, 1.807) is 6.08 Å². The molecule has 1 heterocycles. The van der Waals surface area contributed by atoms with Gasteiger partial charge in [-0.1, -0.05) is 28.1 Å². The fraction of sp³-hybridized carbons (Fsp3) is 0. The predicted octanol–water partition coefficient (Wildman–Crippen LogP) is 4.25. The van der Waals surface area contributed by atoms with Gasteiger partial charge >= 0.3 is 0 Å². The van der Waals surface area contributed by atoms with Crippen LogP contribution in [0, 0.1) is 10.1 Å². The highest BCUT2D eigenvalue weighted by molar-refractivity contribution is 9.10. The molecule has 0 saturated carbocycles. The molecule has 1 aliphatic rings. The zero-order valence-electron chi connectivity index (χ0n) is 12.1. The molecule has 6 nitrogen and oxygen atoms in total. The molecule has 0 spiro atoms. The van der Waals surface area contributed by atoms with Crippen LogP contribution < -0.4 is 5.32 Å². The van der Waals surface area contributed by atoms with Crippen LogP contribution in [0.25, 0.3) is 6.08 Å². The Morgan fingerprint density at radius 3 is 2.42 bits per heavy atom. The first-order chi connectivity index (χ1) is 11.5. The van der Waals surface area contributed by atoms with E-state index in [1.165, 1.54) is 36.0 Å². The number of carbonyl (C=O) groups is 1. The number of halogens is 1. The Balaban J connectivity index is 1.78. The molecule has 0 bridgehead atoms. The summed E-state index contributed by atoms with van der Waals surface area (Å²) in [5.41, 5.74) is 1.44. The van der Waals surface area contributed by atoms with Crippen LogP contribution in [0.15, 0.2) is 62.9 Å². The maximum Gasteiger partial charge on any atom is 0.269 e. The van der Waals surface area contributed by atoms with E-state index in [2.05, 4.69) is 26.2 Å². The Kier molecular flexibility index (Phi) is 4.77. The Morgan fingerprint density at radius 1 is 1.12 bits per heavy atom. The van der Waals surface area contributed by atoms with Crippen LogP contribution in [0.3, 0.4) is 0 Å². The van der Waals surface area contributed by atoms with Gasteiger partial charge in [-0.05, 0) is 47.7 Å². The number of amides is 1. The van der Waals surface area contributed by atoms with Crippen LogP contribution in [0.2, 0.25) is 0 Å². The third-order valence-electron chi connectivity index (χ3n) is 3.11. The van der Waals surface area contributed by atoms with E-state index in [9.17, 15) is 14.9 Å². The zero-order valence-corrected chi connectivity index (χ0v) is 14.5. The number of rotatable bonds is 3. The molecule has 3 rings (SSSR count). The fourth-order valence-corrected chi connectivity index (χ4v) is 3.06. The summed E-state index contributed by atoms with van der Waals surface area (Å²) in [6.45, 7) is 0. The Morgan fingerprint density at radius 2 is 1.79 bits per heavy atom. The van der Waals surface area contributed by atoms with Crippen molar-refractivity contribution in [2.75, 3.05) is 0 Å². The van der Waals surface area contributed by atoms with Crippen LogP contribution in [0.1, 0.15) is 5.56 Å². The molecule has 1 N–H and O–H groups in total. The van der Waals surface area contributed by atoms with E-state index in [0.29, 0.717) is 15.8 Å². The predicted molar refractivity (Wildman–Crippen MR) is 98.0 cm³/mol. The second-order valence-electron chi connectivity index (χ2n) is 4.81. The molecule has 1 saturated heterocycles. The summed E-state index contributed by atoms with van der Waals surface area (Å²) in [7, 11) is 0. The van der Waals surface area contributed by atoms with Gasteiger partial charge < -0.3 is 5.32 Å². The van der Waals surface area contributed by atoms with Crippen LogP contribution in [0.4, 0.5) is 11.4 Å². The second-order valence-corrected chi connectivity index (χ2v) is 6.75. The second kappa shape index (κ2) is 6.98. The number of amidine groups is 1. The molecule has 0 unspecified atom stereocenters. The average molecular weight is 404 g/mol. The first kappa shape index (κ1) is 16.4. The summed E-state index contributed by atoms with van der Waals surface area (Å²) in [4.78, 5) is 27.0. The zero-order chi connectivity index (χ0) is 17.1. The lowest BCUT2D eigenvalue weighted by Crippen LogP contribution is -2.19. The molecular weight excluding hydrogens is 394 g/mol. The maximum absolute atomic E-state index is 12.0. The number of benzene rings is 2. The number of nitro benzene ring substituents is 1. The van der Waals surface area contributed by atoms with Gasteiger partial charge in [0.2, 0.25) is 0 Å². The van der Waals surface area contributed by atoms with Crippen LogP contribution in [-0.2, 0) is 4.79 Å². The summed E-state index contributed by atoms with van der Waals surface area (Å²) >= 11 is 4.59. The lowest BCUT2D eigenvalue weighted by molar-refractivity contribution is -0.384. The molecule has 0 atom stereocenters. The number of hydrogen-bond donors (Lipinski definition) is 1. The molecule has 8 heteroatoms.